The first-order valence-corrected chi connectivity index (χ1v) is 4.77. The summed E-state index contributed by atoms with van der Waals surface area (Å²) >= 11 is 0. The summed E-state index contributed by atoms with van der Waals surface area (Å²) in [6, 6.07) is 0. The number of ether oxygens (including phenoxy) is 1. The lowest BCUT2D eigenvalue weighted by Gasteiger charge is -2.27. The number of halogens is 1. The highest BCUT2D eigenvalue weighted by atomic mass is 19.1. The molecule has 0 saturated carbocycles. The number of hydrogen-bond donors (Lipinski definition) is 2. The predicted octanol–water partition coefficient (Wildman–Crippen LogP) is 1.27. The van der Waals surface area contributed by atoms with Crippen LogP contribution >= 0.6 is 0 Å². The van der Waals surface area contributed by atoms with Crippen LogP contribution in [-0.4, -0.2) is 23.4 Å². The molecule has 0 radical (unpaired) electrons. The van der Waals surface area contributed by atoms with Gasteiger partial charge in [-0.15, -0.1) is 0 Å². The van der Waals surface area contributed by atoms with Crippen LogP contribution in [0.5, 0.6) is 0 Å². The zero-order valence-electron chi connectivity index (χ0n) is 8.09. The molecule has 2 heterocycles. The normalized spacial score (nSPS) is 27.9. The number of nitrogens with zero attached hydrogens (tertiary/aromatic N) is 1. The van der Waals surface area contributed by atoms with Crippen molar-refractivity contribution in [2.75, 3.05) is 18.9 Å². The smallest absolute Gasteiger partial charge is 0.188 e. The predicted molar refractivity (Wildman–Crippen MR) is 50.3 cm³/mol. The summed E-state index contributed by atoms with van der Waals surface area (Å²) in [7, 11) is 0. The fourth-order valence-electron chi connectivity index (χ4n) is 1.91. The van der Waals surface area contributed by atoms with E-state index < -0.39 is 5.82 Å². The molecule has 5 heteroatoms. The number of aromatic nitrogens is 2. The third kappa shape index (κ3) is 1.48. The second-order valence-corrected chi connectivity index (χ2v) is 3.78. The Hall–Kier alpha value is -1.10. The molecule has 2 atom stereocenters. The average molecular weight is 199 g/mol. The van der Waals surface area contributed by atoms with Crippen molar-refractivity contribution in [2.24, 2.45) is 5.92 Å². The highest BCUT2D eigenvalue weighted by Crippen LogP contribution is 2.32. The van der Waals surface area contributed by atoms with Gasteiger partial charge in [0.1, 0.15) is 0 Å². The van der Waals surface area contributed by atoms with E-state index in [0.29, 0.717) is 24.8 Å². The van der Waals surface area contributed by atoms with E-state index >= 15 is 0 Å². The molecule has 0 spiro atoms. The van der Waals surface area contributed by atoms with E-state index in [1.165, 1.54) is 0 Å². The number of nitrogens with one attached hydrogen (secondary N) is 1. The molecule has 4 nitrogen and oxygen atoms in total. The maximum absolute atomic E-state index is 13.5. The van der Waals surface area contributed by atoms with Crippen molar-refractivity contribution in [3.63, 3.8) is 0 Å². The van der Waals surface area contributed by atoms with Crippen LogP contribution in [0.1, 0.15) is 25.0 Å². The van der Waals surface area contributed by atoms with E-state index in [1.54, 1.807) is 0 Å². The van der Waals surface area contributed by atoms with Crippen LogP contribution in [-0.2, 0) is 4.74 Å². The van der Waals surface area contributed by atoms with Gasteiger partial charge >= 0.3 is 0 Å². The SMILES string of the molecule is CC1COCCC1c1[nH]nc(N)c1F. The fourth-order valence-corrected chi connectivity index (χ4v) is 1.91. The molecule has 1 aliphatic rings. The summed E-state index contributed by atoms with van der Waals surface area (Å²) in [6.07, 6.45) is 0.819. The summed E-state index contributed by atoms with van der Waals surface area (Å²) < 4.78 is 18.8. The van der Waals surface area contributed by atoms with Crippen LogP contribution < -0.4 is 5.73 Å². The second kappa shape index (κ2) is 3.57. The Morgan fingerprint density at radius 2 is 2.43 bits per heavy atom. The van der Waals surface area contributed by atoms with Crippen LogP contribution in [0.15, 0.2) is 0 Å². The van der Waals surface area contributed by atoms with E-state index in [9.17, 15) is 4.39 Å². The van der Waals surface area contributed by atoms with Crippen molar-refractivity contribution in [1.82, 2.24) is 10.2 Å². The molecule has 0 aromatic carbocycles. The summed E-state index contributed by atoms with van der Waals surface area (Å²) in [5, 5.41) is 6.33. The van der Waals surface area contributed by atoms with E-state index in [0.717, 1.165) is 6.42 Å². The largest absolute Gasteiger partial charge is 0.381 e. The highest BCUT2D eigenvalue weighted by molar-refractivity contribution is 5.33. The zero-order chi connectivity index (χ0) is 10.1. The molecule has 0 bridgehead atoms. The summed E-state index contributed by atoms with van der Waals surface area (Å²) in [4.78, 5) is 0. The number of aromatic amines is 1. The third-order valence-corrected chi connectivity index (χ3v) is 2.77. The second-order valence-electron chi connectivity index (χ2n) is 3.78. The Bertz CT molecular complexity index is 326. The average Bonchev–Trinajstić information content (AvgIpc) is 2.49. The minimum Gasteiger partial charge on any atom is -0.381 e. The van der Waals surface area contributed by atoms with Crippen molar-refractivity contribution in [2.45, 2.75) is 19.3 Å². The van der Waals surface area contributed by atoms with Crippen molar-refractivity contribution in [3.8, 4) is 0 Å². The van der Waals surface area contributed by atoms with Crippen molar-refractivity contribution in [3.05, 3.63) is 11.5 Å². The number of nitrogens with two attached hydrogens (primary N) is 1. The molecule has 14 heavy (non-hydrogen) atoms. The molecule has 78 valence electrons. The molecule has 0 aliphatic carbocycles. The molecular weight excluding hydrogens is 185 g/mol. The van der Waals surface area contributed by atoms with Gasteiger partial charge in [-0.3, -0.25) is 5.10 Å². The zero-order valence-corrected chi connectivity index (χ0v) is 8.09. The minimum atomic E-state index is -0.399. The fraction of sp³-hybridized carbons (Fsp3) is 0.667. The Morgan fingerprint density at radius 3 is 3.00 bits per heavy atom. The molecule has 1 fully saturated rings. The topological polar surface area (TPSA) is 63.9 Å². The first-order valence-electron chi connectivity index (χ1n) is 4.77. The first-order chi connectivity index (χ1) is 6.70. The molecule has 1 aromatic heterocycles. The third-order valence-electron chi connectivity index (χ3n) is 2.77. The van der Waals surface area contributed by atoms with Crippen molar-refractivity contribution in [1.29, 1.82) is 0 Å². The Balaban J connectivity index is 2.24. The van der Waals surface area contributed by atoms with E-state index in [2.05, 4.69) is 10.2 Å². The maximum atomic E-state index is 13.5. The number of H-pyrrole nitrogens is 1. The maximum Gasteiger partial charge on any atom is 0.188 e. The van der Waals surface area contributed by atoms with Gasteiger partial charge in [0.25, 0.3) is 0 Å². The number of anilines is 1. The molecule has 1 aliphatic heterocycles. The lowest BCUT2D eigenvalue weighted by atomic mass is 9.87. The quantitative estimate of drug-likeness (QED) is 0.716. The standard InChI is InChI=1S/C9H14FN3O/c1-5-4-14-3-2-6(5)8-7(10)9(11)13-12-8/h5-6H,2-4H2,1H3,(H3,11,12,13). The summed E-state index contributed by atoms with van der Waals surface area (Å²) in [6.45, 7) is 3.39. The summed E-state index contributed by atoms with van der Waals surface area (Å²) in [5.41, 5.74) is 5.87. The lowest BCUT2D eigenvalue weighted by Crippen LogP contribution is -2.24. The van der Waals surface area contributed by atoms with Crippen LogP contribution in [0, 0.1) is 11.7 Å². The van der Waals surface area contributed by atoms with Gasteiger partial charge in [-0.2, -0.15) is 5.10 Å². The molecule has 2 rings (SSSR count). The molecule has 2 unspecified atom stereocenters. The molecular formula is C9H14FN3O. The van der Waals surface area contributed by atoms with Crippen molar-refractivity contribution >= 4 is 5.82 Å². The van der Waals surface area contributed by atoms with Gasteiger partial charge < -0.3 is 10.5 Å². The van der Waals surface area contributed by atoms with Gasteiger partial charge in [0, 0.05) is 19.1 Å². The Labute approximate surface area is 81.6 Å². The van der Waals surface area contributed by atoms with E-state index in [1.807, 2.05) is 6.92 Å². The Kier molecular flexibility index (Phi) is 2.41. The summed E-state index contributed by atoms with van der Waals surface area (Å²) in [5.74, 6) is 0.00842. The molecule has 1 saturated heterocycles. The van der Waals surface area contributed by atoms with E-state index in [-0.39, 0.29) is 11.7 Å². The van der Waals surface area contributed by atoms with Crippen LogP contribution in [0.4, 0.5) is 10.2 Å². The molecule has 0 amide bonds. The van der Waals surface area contributed by atoms with Crippen LogP contribution in [0.2, 0.25) is 0 Å². The molecule has 1 aromatic rings. The van der Waals surface area contributed by atoms with Crippen molar-refractivity contribution < 1.29 is 9.13 Å². The first kappa shape index (κ1) is 9.45. The highest BCUT2D eigenvalue weighted by Gasteiger charge is 2.28. The van der Waals surface area contributed by atoms with Crippen LogP contribution in [0.3, 0.4) is 0 Å². The van der Waals surface area contributed by atoms with Gasteiger partial charge in [0.15, 0.2) is 11.6 Å². The van der Waals surface area contributed by atoms with Crippen LogP contribution in [0.25, 0.3) is 0 Å². The number of hydrogen-bond acceptors (Lipinski definition) is 3. The van der Waals surface area contributed by atoms with Gasteiger partial charge in [0.2, 0.25) is 0 Å². The Morgan fingerprint density at radius 1 is 1.64 bits per heavy atom. The molecule has 3 N–H and O–H groups in total. The monoisotopic (exact) mass is 199 g/mol. The number of nitrogen functional groups attached to an aromatic ring is 1. The van der Waals surface area contributed by atoms with Gasteiger partial charge in [-0.1, -0.05) is 6.92 Å². The minimum absolute atomic E-state index is 0.0429. The lowest BCUT2D eigenvalue weighted by molar-refractivity contribution is 0.0455. The van der Waals surface area contributed by atoms with Gasteiger partial charge in [-0.05, 0) is 12.3 Å². The number of rotatable bonds is 1. The van der Waals surface area contributed by atoms with E-state index in [4.69, 9.17) is 10.5 Å². The van der Waals surface area contributed by atoms with Gasteiger partial charge in [-0.25, -0.2) is 4.39 Å². The van der Waals surface area contributed by atoms with Gasteiger partial charge in [0.05, 0.1) is 5.69 Å².